The Morgan fingerprint density at radius 2 is 2.37 bits per heavy atom. The van der Waals surface area contributed by atoms with Gasteiger partial charge >= 0.3 is 0 Å². The number of carbonyl (C=O) groups excluding carboxylic acids is 1. The molecule has 1 fully saturated rings. The maximum Gasteiger partial charge on any atom is 0.225 e. The number of amides is 1. The molecule has 2 N–H and O–H groups in total. The van der Waals surface area contributed by atoms with Crippen molar-refractivity contribution in [1.82, 2.24) is 5.32 Å². The van der Waals surface area contributed by atoms with Crippen molar-refractivity contribution in [2.75, 3.05) is 18.1 Å². The van der Waals surface area contributed by atoms with Gasteiger partial charge in [0.1, 0.15) is 0 Å². The van der Waals surface area contributed by atoms with Gasteiger partial charge in [0, 0.05) is 23.0 Å². The summed E-state index contributed by atoms with van der Waals surface area (Å²) < 4.78 is 0. The minimum absolute atomic E-state index is 0. The lowest BCUT2D eigenvalue weighted by atomic mass is 10.1. The molecule has 2 rings (SSSR count). The van der Waals surface area contributed by atoms with Crippen LogP contribution in [-0.2, 0) is 4.79 Å². The van der Waals surface area contributed by atoms with E-state index in [1.165, 1.54) is 0 Å². The van der Waals surface area contributed by atoms with E-state index in [1.807, 2.05) is 18.4 Å². The van der Waals surface area contributed by atoms with Crippen LogP contribution in [0.3, 0.4) is 0 Å². The summed E-state index contributed by atoms with van der Waals surface area (Å²) in [5, 5.41) is 6.88. The molecular weight excluding hydrogens is 303 g/mol. The van der Waals surface area contributed by atoms with E-state index in [2.05, 4.69) is 10.6 Å². The van der Waals surface area contributed by atoms with Crippen molar-refractivity contribution < 1.29 is 4.79 Å². The topological polar surface area (TPSA) is 41.1 Å². The second-order valence-electron chi connectivity index (χ2n) is 4.39. The number of hydrogen-bond acceptors (Lipinski definition) is 3. The lowest BCUT2D eigenvalue weighted by Crippen LogP contribution is -2.27. The van der Waals surface area contributed by atoms with Crippen molar-refractivity contribution in [3.8, 4) is 0 Å². The van der Waals surface area contributed by atoms with Crippen LogP contribution >= 0.6 is 35.8 Å². The van der Waals surface area contributed by atoms with Gasteiger partial charge < -0.3 is 10.6 Å². The Morgan fingerprint density at radius 3 is 2.95 bits per heavy atom. The molecule has 0 saturated carbocycles. The Kier molecular flexibility index (Phi) is 7.00. The molecule has 1 atom stereocenters. The van der Waals surface area contributed by atoms with Crippen molar-refractivity contribution >= 4 is 47.4 Å². The smallest absolute Gasteiger partial charge is 0.225 e. The van der Waals surface area contributed by atoms with Crippen LogP contribution in [0.1, 0.15) is 19.3 Å². The SMILES string of the molecule is CSc1ccc(NC(=O)CC2CCCN2)cc1Cl.Cl. The minimum atomic E-state index is 0. The standard InChI is InChI=1S/C13H17ClN2OS.ClH/c1-18-12-5-4-10(7-11(12)14)16-13(17)8-9-3-2-6-15-9;/h4-5,7,9,15H,2-3,6,8H2,1H3,(H,16,17);1H. The zero-order chi connectivity index (χ0) is 13.0. The first-order valence-electron chi connectivity index (χ1n) is 6.06. The van der Waals surface area contributed by atoms with E-state index in [1.54, 1.807) is 17.8 Å². The van der Waals surface area contributed by atoms with Gasteiger partial charge in [-0.3, -0.25) is 4.79 Å². The molecule has 1 aromatic carbocycles. The van der Waals surface area contributed by atoms with Gasteiger partial charge in [-0.05, 0) is 43.8 Å². The highest BCUT2D eigenvalue weighted by Gasteiger charge is 2.17. The van der Waals surface area contributed by atoms with E-state index in [0.717, 1.165) is 30.0 Å². The Bertz CT molecular complexity index is 437. The summed E-state index contributed by atoms with van der Waals surface area (Å²) in [6.07, 6.45) is 4.75. The van der Waals surface area contributed by atoms with Crippen molar-refractivity contribution in [2.45, 2.75) is 30.2 Å². The fourth-order valence-electron chi connectivity index (χ4n) is 2.11. The fraction of sp³-hybridized carbons (Fsp3) is 0.462. The average Bonchev–Trinajstić information content (AvgIpc) is 2.82. The first kappa shape index (κ1) is 16.6. The summed E-state index contributed by atoms with van der Waals surface area (Å²) >= 11 is 7.69. The highest BCUT2D eigenvalue weighted by Crippen LogP contribution is 2.28. The quantitative estimate of drug-likeness (QED) is 0.833. The summed E-state index contributed by atoms with van der Waals surface area (Å²) in [6.45, 7) is 1.02. The number of anilines is 1. The Morgan fingerprint density at radius 1 is 1.58 bits per heavy atom. The Balaban J connectivity index is 0.00000180. The third kappa shape index (κ3) is 4.88. The third-order valence-electron chi connectivity index (χ3n) is 3.03. The molecule has 1 aliphatic heterocycles. The summed E-state index contributed by atoms with van der Waals surface area (Å²) in [7, 11) is 0. The van der Waals surface area contributed by atoms with E-state index in [9.17, 15) is 4.79 Å². The van der Waals surface area contributed by atoms with Crippen LogP contribution in [0.4, 0.5) is 5.69 Å². The predicted molar refractivity (Wildman–Crippen MR) is 84.8 cm³/mol. The molecule has 106 valence electrons. The molecule has 1 aliphatic rings. The first-order valence-corrected chi connectivity index (χ1v) is 7.66. The van der Waals surface area contributed by atoms with Crippen molar-refractivity contribution in [1.29, 1.82) is 0 Å². The second-order valence-corrected chi connectivity index (χ2v) is 5.65. The average molecular weight is 321 g/mol. The van der Waals surface area contributed by atoms with E-state index in [-0.39, 0.29) is 18.3 Å². The maximum atomic E-state index is 11.8. The second kappa shape index (κ2) is 8.00. The minimum Gasteiger partial charge on any atom is -0.326 e. The molecule has 0 bridgehead atoms. The molecule has 1 aromatic rings. The zero-order valence-electron chi connectivity index (χ0n) is 10.7. The predicted octanol–water partition coefficient (Wildman–Crippen LogP) is 3.56. The van der Waals surface area contributed by atoms with Crippen LogP contribution in [0, 0.1) is 0 Å². The molecule has 1 amide bonds. The number of benzene rings is 1. The van der Waals surface area contributed by atoms with Gasteiger partial charge in [-0.2, -0.15) is 0 Å². The zero-order valence-corrected chi connectivity index (χ0v) is 13.1. The molecule has 1 unspecified atom stereocenters. The number of rotatable bonds is 4. The molecule has 3 nitrogen and oxygen atoms in total. The molecular formula is C13H18Cl2N2OS. The highest BCUT2D eigenvalue weighted by molar-refractivity contribution is 7.98. The molecule has 0 spiro atoms. The van der Waals surface area contributed by atoms with Crippen molar-refractivity contribution in [3.63, 3.8) is 0 Å². The van der Waals surface area contributed by atoms with Crippen LogP contribution in [0.25, 0.3) is 0 Å². The summed E-state index contributed by atoms with van der Waals surface area (Å²) in [5.41, 5.74) is 0.765. The molecule has 19 heavy (non-hydrogen) atoms. The van der Waals surface area contributed by atoms with Gasteiger partial charge in [-0.15, -0.1) is 24.2 Å². The van der Waals surface area contributed by atoms with Crippen LogP contribution in [0.2, 0.25) is 5.02 Å². The van der Waals surface area contributed by atoms with Gasteiger partial charge in [0.2, 0.25) is 5.91 Å². The summed E-state index contributed by atoms with van der Waals surface area (Å²) in [4.78, 5) is 12.9. The van der Waals surface area contributed by atoms with Crippen molar-refractivity contribution in [2.24, 2.45) is 0 Å². The van der Waals surface area contributed by atoms with Gasteiger partial charge in [0.05, 0.1) is 5.02 Å². The molecule has 0 aliphatic carbocycles. The monoisotopic (exact) mass is 320 g/mol. The lowest BCUT2D eigenvalue weighted by molar-refractivity contribution is -0.116. The Labute approximate surface area is 129 Å². The van der Waals surface area contributed by atoms with Crippen molar-refractivity contribution in [3.05, 3.63) is 23.2 Å². The van der Waals surface area contributed by atoms with Gasteiger partial charge in [0.15, 0.2) is 0 Å². The number of halogens is 2. The largest absolute Gasteiger partial charge is 0.326 e. The number of carbonyl (C=O) groups is 1. The highest BCUT2D eigenvalue weighted by atomic mass is 35.5. The van der Waals surface area contributed by atoms with Gasteiger partial charge in [-0.1, -0.05) is 11.6 Å². The van der Waals surface area contributed by atoms with E-state index in [0.29, 0.717) is 17.5 Å². The molecule has 6 heteroatoms. The third-order valence-corrected chi connectivity index (χ3v) is 4.25. The molecule has 1 heterocycles. The maximum absolute atomic E-state index is 11.8. The van der Waals surface area contributed by atoms with Gasteiger partial charge in [0.25, 0.3) is 0 Å². The van der Waals surface area contributed by atoms with Crippen LogP contribution in [-0.4, -0.2) is 24.7 Å². The van der Waals surface area contributed by atoms with E-state index in [4.69, 9.17) is 11.6 Å². The number of thioether (sulfide) groups is 1. The van der Waals surface area contributed by atoms with Crippen LogP contribution < -0.4 is 10.6 Å². The molecule has 0 aromatic heterocycles. The summed E-state index contributed by atoms with van der Waals surface area (Å²) in [6, 6.07) is 5.94. The summed E-state index contributed by atoms with van der Waals surface area (Å²) in [5.74, 6) is 0.0439. The fourth-order valence-corrected chi connectivity index (χ4v) is 2.98. The molecule has 1 saturated heterocycles. The van der Waals surface area contributed by atoms with E-state index >= 15 is 0 Å². The number of hydrogen-bond donors (Lipinski definition) is 2. The number of nitrogens with one attached hydrogen (secondary N) is 2. The van der Waals surface area contributed by atoms with Crippen LogP contribution in [0.5, 0.6) is 0 Å². The van der Waals surface area contributed by atoms with E-state index < -0.39 is 0 Å². The normalized spacial score (nSPS) is 17.9. The lowest BCUT2D eigenvalue weighted by Gasteiger charge is -2.11. The van der Waals surface area contributed by atoms with Gasteiger partial charge in [-0.25, -0.2) is 0 Å². The molecule has 0 radical (unpaired) electrons. The Hall–Kier alpha value is -0.420. The first-order chi connectivity index (χ1) is 8.69. The van der Waals surface area contributed by atoms with Crippen LogP contribution in [0.15, 0.2) is 23.1 Å².